The van der Waals surface area contributed by atoms with Gasteiger partial charge in [-0.3, -0.25) is 9.59 Å². The second kappa shape index (κ2) is 10.4. The number of aromatic nitrogens is 1. The third-order valence-corrected chi connectivity index (χ3v) is 6.27. The molecule has 4 aromatic rings. The van der Waals surface area contributed by atoms with Crippen LogP contribution < -0.4 is 10.7 Å². The molecule has 180 valence electrons. The van der Waals surface area contributed by atoms with Crippen molar-refractivity contribution in [1.82, 2.24) is 10.4 Å². The van der Waals surface area contributed by atoms with Gasteiger partial charge in [-0.1, -0.05) is 66.7 Å². The molecule has 1 aliphatic carbocycles. The van der Waals surface area contributed by atoms with Gasteiger partial charge in [-0.2, -0.15) is 5.10 Å². The number of anilines is 1. The normalized spacial score (nSPS) is 13.9. The van der Waals surface area contributed by atoms with Crippen LogP contribution in [0.3, 0.4) is 0 Å². The number of pyridine rings is 1. The molecule has 36 heavy (non-hydrogen) atoms. The van der Waals surface area contributed by atoms with E-state index in [0.29, 0.717) is 35.7 Å². The standard InChI is InChI=1S/C29H26N4O3/c1-19-25-22(15-10-16-23(25)36-27(19)29(35)31-24-17-8-9-18-30-24)32-33-28(34)26(20-11-4-2-5-12-20)21-13-6-3-7-14-21/h2-9,11-14,17-18,26H,10,15-16H2,1H3,(H,33,34)(H,30,31,35)/b32-22+. The molecule has 2 aromatic carbocycles. The van der Waals surface area contributed by atoms with Crippen LogP contribution in [0.15, 0.2) is 94.6 Å². The molecule has 2 amide bonds. The average Bonchev–Trinajstić information content (AvgIpc) is 3.26. The van der Waals surface area contributed by atoms with Crippen molar-refractivity contribution < 1.29 is 14.0 Å². The van der Waals surface area contributed by atoms with Crippen LogP contribution in [0, 0.1) is 6.92 Å². The third kappa shape index (κ3) is 4.81. The van der Waals surface area contributed by atoms with Crippen LogP contribution >= 0.6 is 0 Å². The zero-order chi connectivity index (χ0) is 24.9. The Balaban J connectivity index is 1.41. The number of fused-ring (bicyclic) bond motifs is 1. The van der Waals surface area contributed by atoms with E-state index < -0.39 is 5.92 Å². The largest absolute Gasteiger partial charge is 0.455 e. The zero-order valence-electron chi connectivity index (χ0n) is 19.9. The maximum absolute atomic E-state index is 13.4. The summed E-state index contributed by atoms with van der Waals surface area (Å²) < 4.78 is 5.96. The smallest absolute Gasteiger partial charge is 0.292 e. The molecule has 2 heterocycles. The molecule has 0 saturated heterocycles. The summed E-state index contributed by atoms with van der Waals surface area (Å²) in [5.74, 6) is 0.312. The molecule has 0 fully saturated rings. The summed E-state index contributed by atoms with van der Waals surface area (Å²) in [6.45, 7) is 1.84. The highest BCUT2D eigenvalue weighted by atomic mass is 16.4. The maximum Gasteiger partial charge on any atom is 0.292 e. The Bertz CT molecular complexity index is 1360. The van der Waals surface area contributed by atoms with Crippen LogP contribution in [-0.4, -0.2) is 22.5 Å². The third-order valence-electron chi connectivity index (χ3n) is 6.27. The molecule has 0 atom stereocenters. The van der Waals surface area contributed by atoms with E-state index in [4.69, 9.17) is 4.42 Å². The zero-order valence-corrected chi connectivity index (χ0v) is 19.9. The van der Waals surface area contributed by atoms with Crippen molar-refractivity contribution in [2.24, 2.45) is 5.10 Å². The summed E-state index contributed by atoms with van der Waals surface area (Å²) >= 11 is 0. The number of nitrogens with one attached hydrogen (secondary N) is 2. The van der Waals surface area contributed by atoms with Crippen LogP contribution in [0.2, 0.25) is 0 Å². The summed E-state index contributed by atoms with van der Waals surface area (Å²) in [4.78, 5) is 30.4. The lowest BCUT2D eigenvalue weighted by Crippen LogP contribution is -2.28. The van der Waals surface area contributed by atoms with E-state index in [9.17, 15) is 9.59 Å². The number of carbonyl (C=O) groups is 2. The molecule has 0 bridgehead atoms. The van der Waals surface area contributed by atoms with Crippen molar-refractivity contribution in [3.05, 3.63) is 119 Å². The van der Waals surface area contributed by atoms with Gasteiger partial charge >= 0.3 is 0 Å². The van der Waals surface area contributed by atoms with E-state index in [1.54, 1.807) is 24.4 Å². The number of hydrogen-bond donors (Lipinski definition) is 2. The van der Waals surface area contributed by atoms with Crippen LogP contribution in [-0.2, 0) is 11.2 Å². The minimum atomic E-state index is -0.495. The van der Waals surface area contributed by atoms with E-state index in [1.165, 1.54) is 0 Å². The molecular weight excluding hydrogens is 452 g/mol. The summed E-state index contributed by atoms with van der Waals surface area (Å²) in [6.07, 6.45) is 3.81. The second-order valence-corrected chi connectivity index (χ2v) is 8.67. The fourth-order valence-corrected chi connectivity index (χ4v) is 4.58. The fourth-order valence-electron chi connectivity index (χ4n) is 4.58. The lowest BCUT2D eigenvalue weighted by Gasteiger charge is -2.18. The van der Waals surface area contributed by atoms with Crippen molar-refractivity contribution in [1.29, 1.82) is 0 Å². The predicted octanol–water partition coefficient (Wildman–Crippen LogP) is 5.22. The molecule has 0 radical (unpaired) electrons. The minimum Gasteiger partial charge on any atom is -0.455 e. The van der Waals surface area contributed by atoms with Crippen LogP contribution in [0.1, 0.15) is 57.3 Å². The van der Waals surface area contributed by atoms with Crippen LogP contribution in [0.4, 0.5) is 5.82 Å². The van der Waals surface area contributed by atoms with E-state index in [-0.39, 0.29) is 17.6 Å². The average molecular weight is 479 g/mol. The first-order valence-corrected chi connectivity index (χ1v) is 11.9. The Hall–Kier alpha value is -4.52. The highest BCUT2D eigenvalue weighted by molar-refractivity contribution is 6.09. The Kier molecular flexibility index (Phi) is 6.71. The molecule has 0 spiro atoms. The van der Waals surface area contributed by atoms with Gasteiger partial charge in [0.1, 0.15) is 11.6 Å². The molecule has 7 nitrogen and oxygen atoms in total. The van der Waals surface area contributed by atoms with Gasteiger partial charge < -0.3 is 9.73 Å². The van der Waals surface area contributed by atoms with Gasteiger partial charge in [0.25, 0.3) is 11.8 Å². The highest BCUT2D eigenvalue weighted by Gasteiger charge is 2.29. The summed E-state index contributed by atoms with van der Waals surface area (Å²) in [5, 5.41) is 7.30. The lowest BCUT2D eigenvalue weighted by molar-refractivity contribution is -0.121. The second-order valence-electron chi connectivity index (χ2n) is 8.67. The van der Waals surface area contributed by atoms with E-state index >= 15 is 0 Å². The van der Waals surface area contributed by atoms with Crippen LogP contribution in [0.25, 0.3) is 0 Å². The Labute approximate surface area is 209 Å². The molecule has 2 N–H and O–H groups in total. The predicted molar refractivity (Wildman–Crippen MR) is 138 cm³/mol. The number of carbonyl (C=O) groups excluding carboxylic acids is 2. The summed E-state index contributed by atoms with van der Waals surface area (Å²) in [6, 6.07) is 24.6. The fraction of sp³-hybridized carbons (Fsp3) is 0.172. The minimum absolute atomic E-state index is 0.221. The van der Waals surface area contributed by atoms with Crippen molar-refractivity contribution in [3.63, 3.8) is 0 Å². The quantitative estimate of drug-likeness (QED) is 0.371. The Morgan fingerprint density at radius 3 is 2.22 bits per heavy atom. The summed E-state index contributed by atoms with van der Waals surface area (Å²) in [5.41, 5.74) is 6.78. The molecular formula is C29H26N4O3. The molecule has 0 saturated carbocycles. The first kappa shape index (κ1) is 23.2. The van der Waals surface area contributed by atoms with E-state index in [1.807, 2.05) is 67.6 Å². The number of aryl methyl sites for hydroxylation is 1. The SMILES string of the molecule is Cc1c(C(=O)Nc2ccccn2)oc2c1/C(=N/NC(=O)C(c1ccccc1)c1ccccc1)CCC2. The number of furan rings is 1. The van der Waals surface area contributed by atoms with Gasteiger partial charge in [-0.15, -0.1) is 0 Å². The molecule has 1 aliphatic rings. The van der Waals surface area contributed by atoms with Gasteiger partial charge in [-0.05, 0) is 43.0 Å². The van der Waals surface area contributed by atoms with Crippen molar-refractivity contribution in [3.8, 4) is 0 Å². The van der Waals surface area contributed by atoms with Crippen LogP contribution in [0.5, 0.6) is 0 Å². The first-order chi connectivity index (χ1) is 17.6. The van der Waals surface area contributed by atoms with Gasteiger partial charge in [0.15, 0.2) is 5.76 Å². The van der Waals surface area contributed by atoms with Gasteiger partial charge in [0.2, 0.25) is 0 Å². The van der Waals surface area contributed by atoms with E-state index in [0.717, 1.165) is 23.1 Å². The number of rotatable bonds is 6. The number of hydrazone groups is 1. The van der Waals surface area contributed by atoms with Crippen molar-refractivity contribution in [2.75, 3.05) is 5.32 Å². The first-order valence-electron chi connectivity index (χ1n) is 11.9. The Morgan fingerprint density at radius 2 is 1.58 bits per heavy atom. The molecule has 5 rings (SSSR count). The molecule has 0 unspecified atom stereocenters. The Morgan fingerprint density at radius 1 is 0.917 bits per heavy atom. The summed E-state index contributed by atoms with van der Waals surface area (Å²) in [7, 11) is 0. The number of nitrogens with zero attached hydrogens (tertiary/aromatic N) is 2. The van der Waals surface area contributed by atoms with Gasteiger partial charge in [-0.25, -0.2) is 10.4 Å². The number of amides is 2. The molecule has 2 aromatic heterocycles. The highest BCUT2D eigenvalue weighted by Crippen LogP contribution is 2.31. The molecule has 0 aliphatic heterocycles. The topological polar surface area (TPSA) is 96.6 Å². The van der Waals surface area contributed by atoms with Crippen molar-refractivity contribution >= 4 is 23.3 Å². The monoisotopic (exact) mass is 478 g/mol. The lowest BCUT2D eigenvalue weighted by atomic mass is 9.90. The van der Waals surface area contributed by atoms with Gasteiger partial charge in [0.05, 0.1) is 11.6 Å². The number of benzene rings is 2. The molecule has 7 heteroatoms. The van der Waals surface area contributed by atoms with Gasteiger partial charge in [0, 0.05) is 23.7 Å². The number of hydrogen-bond acceptors (Lipinski definition) is 5. The van der Waals surface area contributed by atoms with Crippen molar-refractivity contribution in [2.45, 2.75) is 32.1 Å². The maximum atomic E-state index is 13.4. The van der Waals surface area contributed by atoms with E-state index in [2.05, 4.69) is 20.8 Å².